The average Bonchev–Trinajstić information content (AvgIpc) is 2.30. The molecule has 1 rings (SSSR count). The maximum Gasteiger partial charge on any atom is 0.336 e. The van der Waals surface area contributed by atoms with Crippen molar-refractivity contribution in [2.45, 2.75) is 52.1 Å². The van der Waals surface area contributed by atoms with Crippen molar-refractivity contribution in [1.82, 2.24) is 4.90 Å². The van der Waals surface area contributed by atoms with Crippen molar-refractivity contribution in [3.8, 4) is 0 Å². The lowest BCUT2D eigenvalue weighted by atomic mass is 9.74. The van der Waals surface area contributed by atoms with Crippen LogP contribution in [-0.4, -0.2) is 46.3 Å². The third-order valence-corrected chi connectivity index (χ3v) is 4.41. The van der Waals surface area contributed by atoms with Gasteiger partial charge in [-0.2, -0.15) is 0 Å². The first kappa shape index (κ1) is 14.5. The Labute approximate surface area is 104 Å². The summed E-state index contributed by atoms with van der Waals surface area (Å²) in [5.74, 6) is -1.14. The molecule has 1 heterocycles. The van der Waals surface area contributed by atoms with E-state index in [9.17, 15) is 9.90 Å². The van der Waals surface area contributed by atoms with Gasteiger partial charge in [-0.1, -0.05) is 26.7 Å². The molecule has 17 heavy (non-hydrogen) atoms. The van der Waals surface area contributed by atoms with Crippen LogP contribution in [0.2, 0.25) is 0 Å². The van der Waals surface area contributed by atoms with E-state index in [0.717, 1.165) is 25.9 Å². The first-order chi connectivity index (χ1) is 7.85. The van der Waals surface area contributed by atoms with Gasteiger partial charge in [0.2, 0.25) is 0 Å². The van der Waals surface area contributed by atoms with E-state index in [0.29, 0.717) is 5.41 Å². The van der Waals surface area contributed by atoms with E-state index in [2.05, 4.69) is 18.7 Å². The third-order valence-electron chi connectivity index (χ3n) is 4.41. The van der Waals surface area contributed by atoms with Gasteiger partial charge in [-0.05, 0) is 38.3 Å². The third kappa shape index (κ3) is 3.42. The number of hydrogen-bond acceptors (Lipinski definition) is 3. The van der Waals surface area contributed by atoms with Crippen LogP contribution in [0.1, 0.15) is 46.5 Å². The fourth-order valence-electron chi connectivity index (χ4n) is 2.65. The molecule has 2 N–H and O–H groups in total. The van der Waals surface area contributed by atoms with Crippen LogP contribution in [-0.2, 0) is 4.79 Å². The number of aliphatic hydroxyl groups is 1. The van der Waals surface area contributed by atoms with Gasteiger partial charge in [0.1, 0.15) is 0 Å². The molecule has 1 fully saturated rings. The highest BCUT2D eigenvalue weighted by Gasteiger charge is 2.36. The van der Waals surface area contributed by atoms with Gasteiger partial charge >= 0.3 is 5.97 Å². The number of carbonyl (C=O) groups is 1. The van der Waals surface area contributed by atoms with Gasteiger partial charge < -0.3 is 10.2 Å². The molecule has 0 saturated carbocycles. The van der Waals surface area contributed by atoms with Crippen molar-refractivity contribution >= 4 is 5.97 Å². The van der Waals surface area contributed by atoms with Gasteiger partial charge in [0.15, 0.2) is 5.60 Å². The standard InChI is InChI=1S/C13H25NO3/c1-4-13(5-2)6-8-14(9-7-13)10-12(3,17)11(15)16/h17H,4-10H2,1-3H3,(H,15,16). The average molecular weight is 243 g/mol. The first-order valence-corrected chi connectivity index (χ1v) is 6.53. The molecular weight excluding hydrogens is 218 g/mol. The van der Waals surface area contributed by atoms with Crippen LogP contribution >= 0.6 is 0 Å². The molecule has 4 heteroatoms. The second-order valence-corrected chi connectivity index (χ2v) is 5.56. The van der Waals surface area contributed by atoms with Gasteiger partial charge in [-0.3, -0.25) is 4.90 Å². The Bertz CT molecular complexity index is 262. The fraction of sp³-hybridized carbons (Fsp3) is 0.923. The van der Waals surface area contributed by atoms with Crippen LogP contribution in [0.5, 0.6) is 0 Å². The molecule has 4 nitrogen and oxygen atoms in total. The van der Waals surface area contributed by atoms with Crippen molar-refractivity contribution in [3.63, 3.8) is 0 Å². The lowest BCUT2D eigenvalue weighted by molar-refractivity contribution is -0.159. The summed E-state index contributed by atoms with van der Waals surface area (Å²) >= 11 is 0. The monoisotopic (exact) mass is 243 g/mol. The number of likely N-dealkylation sites (tertiary alicyclic amines) is 1. The van der Waals surface area contributed by atoms with Crippen molar-refractivity contribution in [2.24, 2.45) is 5.41 Å². The van der Waals surface area contributed by atoms with E-state index >= 15 is 0 Å². The van der Waals surface area contributed by atoms with Gasteiger partial charge in [0.25, 0.3) is 0 Å². The molecule has 1 saturated heterocycles. The van der Waals surface area contributed by atoms with E-state index in [1.165, 1.54) is 19.8 Å². The van der Waals surface area contributed by atoms with E-state index in [-0.39, 0.29) is 6.54 Å². The zero-order valence-corrected chi connectivity index (χ0v) is 11.2. The molecule has 0 amide bonds. The van der Waals surface area contributed by atoms with Gasteiger partial charge in [0, 0.05) is 6.54 Å². The minimum Gasteiger partial charge on any atom is -0.479 e. The summed E-state index contributed by atoms with van der Waals surface area (Å²) in [7, 11) is 0. The highest BCUT2D eigenvalue weighted by atomic mass is 16.4. The number of piperidine rings is 1. The van der Waals surface area contributed by atoms with Crippen LogP contribution in [0, 0.1) is 5.41 Å². The zero-order chi connectivity index (χ0) is 13.1. The summed E-state index contributed by atoms with van der Waals surface area (Å²) in [4.78, 5) is 12.9. The molecular formula is C13H25NO3. The number of β-amino-alcohol motifs (C(OH)–C–C–N with tert-alkyl or cyclic N) is 1. The summed E-state index contributed by atoms with van der Waals surface area (Å²) in [5.41, 5.74) is -1.19. The number of carboxylic acids is 1. The van der Waals surface area contributed by atoms with Crippen molar-refractivity contribution in [3.05, 3.63) is 0 Å². The smallest absolute Gasteiger partial charge is 0.336 e. The van der Waals surface area contributed by atoms with Gasteiger partial charge in [0.05, 0.1) is 0 Å². The molecule has 0 radical (unpaired) electrons. The zero-order valence-electron chi connectivity index (χ0n) is 11.2. The Hall–Kier alpha value is -0.610. The quantitative estimate of drug-likeness (QED) is 0.772. The molecule has 0 spiro atoms. The van der Waals surface area contributed by atoms with Crippen LogP contribution in [0.15, 0.2) is 0 Å². The van der Waals surface area contributed by atoms with Crippen LogP contribution < -0.4 is 0 Å². The molecule has 0 aromatic rings. The Morgan fingerprint density at radius 1 is 1.29 bits per heavy atom. The van der Waals surface area contributed by atoms with Gasteiger partial charge in [-0.15, -0.1) is 0 Å². The predicted molar refractivity (Wildman–Crippen MR) is 66.9 cm³/mol. The molecule has 0 aliphatic carbocycles. The second-order valence-electron chi connectivity index (χ2n) is 5.56. The Morgan fingerprint density at radius 3 is 2.12 bits per heavy atom. The van der Waals surface area contributed by atoms with E-state index in [4.69, 9.17) is 5.11 Å². The predicted octanol–water partition coefficient (Wildman–Crippen LogP) is 1.72. The van der Waals surface area contributed by atoms with E-state index < -0.39 is 11.6 Å². The Kier molecular flexibility index (Phi) is 4.55. The van der Waals surface area contributed by atoms with Crippen molar-refractivity contribution < 1.29 is 15.0 Å². The highest BCUT2D eigenvalue weighted by Crippen LogP contribution is 2.38. The number of carboxylic acid groups (broad SMARTS) is 1. The number of hydrogen-bond donors (Lipinski definition) is 2. The Morgan fingerprint density at radius 2 is 1.76 bits per heavy atom. The molecule has 1 unspecified atom stereocenters. The van der Waals surface area contributed by atoms with E-state index in [1.807, 2.05) is 0 Å². The minimum absolute atomic E-state index is 0.228. The largest absolute Gasteiger partial charge is 0.479 e. The molecule has 1 atom stereocenters. The van der Waals surface area contributed by atoms with Crippen LogP contribution in [0.3, 0.4) is 0 Å². The number of nitrogens with zero attached hydrogens (tertiary/aromatic N) is 1. The topological polar surface area (TPSA) is 60.8 Å². The molecule has 0 aromatic carbocycles. The van der Waals surface area contributed by atoms with Crippen LogP contribution in [0.4, 0.5) is 0 Å². The number of aliphatic carboxylic acids is 1. The molecule has 0 bridgehead atoms. The molecule has 1 aliphatic heterocycles. The summed E-state index contributed by atoms with van der Waals surface area (Å²) in [6, 6.07) is 0. The molecule has 1 aliphatic rings. The highest BCUT2D eigenvalue weighted by molar-refractivity contribution is 5.76. The molecule has 0 aromatic heterocycles. The summed E-state index contributed by atoms with van der Waals surface area (Å²) < 4.78 is 0. The molecule has 100 valence electrons. The summed E-state index contributed by atoms with van der Waals surface area (Å²) in [6.45, 7) is 7.85. The first-order valence-electron chi connectivity index (χ1n) is 6.53. The van der Waals surface area contributed by atoms with Crippen molar-refractivity contribution in [2.75, 3.05) is 19.6 Å². The lowest BCUT2D eigenvalue weighted by Gasteiger charge is -2.42. The second kappa shape index (κ2) is 5.36. The normalized spacial score (nSPS) is 24.2. The fourth-order valence-corrected chi connectivity index (χ4v) is 2.65. The minimum atomic E-state index is -1.63. The maximum absolute atomic E-state index is 10.9. The number of rotatable bonds is 5. The van der Waals surface area contributed by atoms with Gasteiger partial charge in [-0.25, -0.2) is 4.79 Å². The SMILES string of the molecule is CCC1(CC)CCN(CC(C)(O)C(=O)O)CC1. The summed E-state index contributed by atoms with van der Waals surface area (Å²) in [5, 5.41) is 18.6. The Balaban J connectivity index is 2.50. The van der Waals surface area contributed by atoms with Crippen LogP contribution in [0.25, 0.3) is 0 Å². The maximum atomic E-state index is 10.9. The summed E-state index contributed by atoms with van der Waals surface area (Å²) in [6.07, 6.45) is 4.59. The van der Waals surface area contributed by atoms with Crippen molar-refractivity contribution in [1.29, 1.82) is 0 Å². The lowest BCUT2D eigenvalue weighted by Crippen LogP contribution is -2.50. The van der Waals surface area contributed by atoms with E-state index in [1.54, 1.807) is 0 Å².